The Bertz CT molecular complexity index is 465. The highest BCUT2D eigenvalue weighted by molar-refractivity contribution is 9.10. The fourth-order valence-electron chi connectivity index (χ4n) is 1.53. The lowest BCUT2D eigenvalue weighted by atomic mass is 10.1. The zero-order valence-corrected chi connectivity index (χ0v) is 11.4. The summed E-state index contributed by atoms with van der Waals surface area (Å²) in [6.45, 7) is 2.11. The Kier molecular flexibility index (Phi) is 5.24. The van der Waals surface area contributed by atoms with Crippen LogP contribution < -0.4 is 11.1 Å². The van der Waals surface area contributed by atoms with Gasteiger partial charge in [0.2, 0.25) is 5.91 Å². The van der Waals surface area contributed by atoms with Gasteiger partial charge >= 0.3 is 0 Å². The first kappa shape index (κ1) is 14.6. The molecule has 1 atom stereocenters. The smallest absolute Gasteiger partial charge is 0.273 e. The molecule has 0 fully saturated rings. The number of amides is 1. The van der Waals surface area contributed by atoms with Crippen molar-refractivity contribution in [2.75, 3.05) is 0 Å². The van der Waals surface area contributed by atoms with E-state index in [1.54, 1.807) is 19.1 Å². The average Bonchev–Trinajstić information content (AvgIpc) is 2.25. The SMILES string of the molecule is CC(CC(N)=O)NCc1cc(Br)ccc1[N+](=O)[O-]. The van der Waals surface area contributed by atoms with Crippen LogP contribution in [0.1, 0.15) is 18.9 Å². The molecule has 0 saturated carbocycles. The van der Waals surface area contributed by atoms with Crippen LogP contribution in [0.4, 0.5) is 5.69 Å². The van der Waals surface area contributed by atoms with E-state index >= 15 is 0 Å². The largest absolute Gasteiger partial charge is 0.370 e. The highest BCUT2D eigenvalue weighted by Gasteiger charge is 2.14. The zero-order valence-electron chi connectivity index (χ0n) is 9.85. The van der Waals surface area contributed by atoms with Crippen LogP contribution in [0.15, 0.2) is 22.7 Å². The van der Waals surface area contributed by atoms with E-state index in [4.69, 9.17) is 5.73 Å². The monoisotopic (exact) mass is 315 g/mol. The van der Waals surface area contributed by atoms with Gasteiger partial charge in [-0.1, -0.05) is 15.9 Å². The number of carbonyl (C=O) groups excluding carboxylic acids is 1. The number of carbonyl (C=O) groups is 1. The van der Waals surface area contributed by atoms with Crippen LogP contribution in [0.2, 0.25) is 0 Å². The first-order valence-electron chi connectivity index (χ1n) is 5.34. The molecule has 6 nitrogen and oxygen atoms in total. The normalized spacial score (nSPS) is 12.1. The van der Waals surface area contributed by atoms with E-state index in [-0.39, 0.29) is 18.2 Å². The van der Waals surface area contributed by atoms with Crippen LogP contribution in [-0.2, 0) is 11.3 Å². The number of primary amides is 1. The van der Waals surface area contributed by atoms with Crippen LogP contribution in [0.3, 0.4) is 0 Å². The third-order valence-electron chi connectivity index (χ3n) is 2.39. The van der Waals surface area contributed by atoms with Gasteiger partial charge in [-0.15, -0.1) is 0 Å². The second-order valence-corrected chi connectivity index (χ2v) is 4.90. The van der Waals surface area contributed by atoms with Gasteiger partial charge in [-0.05, 0) is 19.1 Å². The number of benzene rings is 1. The van der Waals surface area contributed by atoms with Crippen molar-refractivity contribution in [3.63, 3.8) is 0 Å². The topological polar surface area (TPSA) is 98.3 Å². The van der Waals surface area contributed by atoms with Crippen LogP contribution in [0.5, 0.6) is 0 Å². The van der Waals surface area contributed by atoms with E-state index in [1.165, 1.54) is 6.07 Å². The summed E-state index contributed by atoms with van der Waals surface area (Å²) < 4.78 is 0.771. The van der Waals surface area contributed by atoms with Crippen molar-refractivity contribution in [1.29, 1.82) is 0 Å². The molecule has 0 aromatic heterocycles. The Morgan fingerprint density at radius 3 is 2.83 bits per heavy atom. The lowest BCUT2D eigenvalue weighted by molar-refractivity contribution is -0.385. The van der Waals surface area contributed by atoms with Crippen molar-refractivity contribution in [2.24, 2.45) is 5.73 Å². The van der Waals surface area contributed by atoms with Gasteiger partial charge in [0.15, 0.2) is 0 Å². The molecule has 0 aliphatic heterocycles. The van der Waals surface area contributed by atoms with Gasteiger partial charge in [0.25, 0.3) is 5.69 Å². The predicted octanol–water partition coefficient (Wildman–Crippen LogP) is 1.71. The van der Waals surface area contributed by atoms with Crippen LogP contribution in [0.25, 0.3) is 0 Å². The molecule has 98 valence electrons. The molecule has 1 amide bonds. The standard InChI is InChI=1S/C11H14BrN3O3/c1-7(4-11(13)16)14-6-8-5-9(12)2-3-10(8)15(17)18/h2-3,5,7,14H,4,6H2,1H3,(H2,13,16). The first-order chi connectivity index (χ1) is 8.40. The number of nitro benzene ring substituents is 1. The highest BCUT2D eigenvalue weighted by atomic mass is 79.9. The molecule has 1 aromatic rings. The number of hydrogen-bond acceptors (Lipinski definition) is 4. The first-order valence-corrected chi connectivity index (χ1v) is 6.14. The third-order valence-corrected chi connectivity index (χ3v) is 2.88. The fourth-order valence-corrected chi connectivity index (χ4v) is 1.94. The second kappa shape index (κ2) is 6.46. The average molecular weight is 316 g/mol. The predicted molar refractivity (Wildman–Crippen MR) is 70.9 cm³/mol. The summed E-state index contributed by atoms with van der Waals surface area (Å²) in [5, 5.41) is 13.9. The van der Waals surface area contributed by atoms with Gasteiger partial charge in [-0.3, -0.25) is 14.9 Å². The molecular weight excluding hydrogens is 302 g/mol. The molecule has 0 bridgehead atoms. The molecule has 0 aliphatic rings. The lowest BCUT2D eigenvalue weighted by Crippen LogP contribution is -2.30. The van der Waals surface area contributed by atoms with Crippen molar-refractivity contribution in [3.05, 3.63) is 38.3 Å². The van der Waals surface area contributed by atoms with Crippen molar-refractivity contribution in [2.45, 2.75) is 25.9 Å². The molecule has 1 rings (SSSR count). The Morgan fingerprint density at radius 1 is 1.61 bits per heavy atom. The van der Waals surface area contributed by atoms with Gasteiger partial charge in [0, 0.05) is 35.1 Å². The Labute approximate surface area is 113 Å². The van der Waals surface area contributed by atoms with Crippen molar-refractivity contribution in [1.82, 2.24) is 5.32 Å². The van der Waals surface area contributed by atoms with E-state index in [9.17, 15) is 14.9 Å². The molecule has 7 heteroatoms. The van der Waals surface area contributed by atoms with Gasteiger partial charge in [0.1, 0.15) is 0 Å². The van der Waals surface area contributed by atoms with E-state index in [0.717, 1.165) is 4.47 Å². The van der Waals surface area contributed by atoms with Gasteiger partial charge < -0.3 is 11.1 Å². The number of nitrogens with two attached hydrogens (primary N) is 1. The quantitative estimate of drug-likeness (QED) is 0.616. The lowest BCUT2D eigenvalue weighted by Gasteiger charge is -2.12. The summed E-state index contributed by atoms with van der Waals surface area (Å²) >= 11 is 3.27. The van der Waals surface area contributed by atoms with Crippen LogP contribution in [0, 0.1) is 10.1 Å². The Balaban J connectivity index is 2.74. The molecule has 0 saturated heterocycles. The number of halogens is 1. The summed E-state index contributed by atoms with van der Waals surface area (Å²) in [6, 6.07) is 4.62. The summed E-state index contributed by atoms with van der Waals surface area (Å²) in [6.07, 6.45) is 0.196. The number of nitro groups is 1. The number of nitrogens with zero attached hydrogens (tertiary/aromatic N) is 1. The highest BCUT2D eigenvalue weighted by Crippen LogP contribution is 2.22. The summed E-state index contributed by atoms with van der Waals surface area (Å²) in [5.74, 6) is -0.404. The summed E-state index contributed by atoms with van der Waals surface area (Å²) in [7, 11) is 0. The maximum atomic E-state index is 10.8. The minimum absolute atomic E-state index is 0.0528. The number of hydrogen-bond donors (Lipinski definition) is 2. The maximum absolute atomic E-state index is 10.8. The van der Waals surface area contributed by atoms with Crippen molar-refractivity contribution < 1.29 is 9.72 Å². The Morgan fingerprint density at radius 2 is 2.28 bits per heavy atom. The van der Waals surface area contributed by atoms with Crippen molar-refractivity contribution >= 4 is 27.5 Å². The zero-order chi connectivity index (χ0) is 13.7. The third kappa shape index (κ3) is 4.42. The minimum Gasteiger partial charge on any atom is -0.370 e. The minimum atomic E-state index is -0.428. The van der Waals surface area contributed by atoms with Gasteiger partial charge in [-0.2, -0.15) is 0 Å². The second-order valence-electron chi connectivity index (χ2n) is 3.98. The van der Waals surface area contributed by atoms with E-state index in [2.05, 4.69) is 21.2 Å². The Hall–Kier alpha value is -1.47. The summed E-state index contributed by atoms with van der Waals surface area (Å²) in [4.78, 5) is 21.1. The van der Waals surface area contributed by atoms with Crippen LogP contribution in [-0.4, -0.2) is 16.9 Å². The summed E-state index contributed by atoms with van der Waals surface area (Å²) in [5.41, 5.74) is 5.68. The van der Waals surface area contributed by atoms with E-state index < -0.39 is 10.8 Å². The number of rotatable bonds is 6. The molecule has 0 radical (unpaired) electrons. The van der Waals surface area contributed by atoms with Gasteiger partial charge in [-0.25, -0.2) is 0 Å². The van der Waals surface area contributed by atoms with Gasteiger partial charge in [0.05, 0.1) is 4.92 Å². The molecule has 18 heavy (non-hydrogen) atoms. The number of nitrogens with one attached hydrogen (secondary N) is 1. The van der Waals surface area contributed by atoms with E-state index in [0.29, 0.717) is 12.1 Å². The molecule has 0 spiro atoms. The maximum Gasteiger partial charge on any atom is 0.273 e. The van der Waals surface area contributed by atoms with E-state index in [1.807, 2.05) is 0 Å². The molecule has 1 unspecified atom stereocenters. The molecule has 3 N–H and O–H groups in total. The molecule has 0 heterocycles. The fraction of sp³-hybridized carbons (Fsp3) is 0.364. The van der Waals surface area contributed by atoms with Crippen molar-refractivity contribution in [3.8, 4) is 0 Å². The molecular formula is C11H14BrN3O3. The van der Waals surface area contributed by atoms with Crippen LogP contribution >= 0.6 is 15.9 Å². The molecule has 1 aromatic carbocycles. The molecule has 0 aliphatic carbocycles.